The first-order valence-corrected chi connectivity index (χ1v) is 10.9. The molecule has 0 aromatic heterocycles. The molecule has 154 valence electrons. The van der Waals surface area contributed by atoms with Crippen molar-refractivity contribution in [2.75, 3.05) is 26.9 Å². The minimum atomic E-state index is -1.94. The van der Waals surface area contributed by atoms with Crippen molar-refractivity contribution < 1.29 is 19.0 Å². The topological polar surface area (TPSA) is 62.2 Å². The summed E-state index contributed by atoms with van der Waals surface area (Å²) in [4.78, 5) is 5.68. The van der Waals surface area contributed by atoms with Gasteiger partial charge in [0, 0.05) is 23.0 Å². The second kappa shape index (κ2) is 9.40. The summed E-state index contributed by atoms with van der Waals surface area (Å²) in [5.41, 5.74) is -0.711. The molecule has 7 heteroatoms. The van der Waals surface area contributed by atoms with E-state index in [1.807, 2.05) is 18.5 Å². The van der Waals surface area contributed by atoms with Crippen LogP contribution in [0.2, 0.25) is 0 Å². The van der Waals surface area contributed by atoms with Gasteiger partial charge in [-0.05, 0) is 51.5 Å². The van der Waals surface area contributed by atoms with Crippen LogP contribution in [0.3, 0.4) is 0 Å². The Morgan fingerprint density at radius 1 is 1.23 bits per heavy atom. The summed E-state index contributed by atoms with van der Waals surface area (Å²) >= 11 is 0. The molecule has 1 aliphatic rings. The minimum absolute atomic E-state index is 0.0113. The average molecular weight is 392 g/mol. The van der Waals surface area contributed by atoms with Crippen LogP contribution in [-0.4, -0.2) is 58.8 Å². The van der Waals surface area contributed by atoms with Crippen LogP contribution in [-0.2, 0) is 13.9 Å². The van der Waals surface area contributed by atoms with Gasteiger partial charge in [0.1, 0.15) is 6.61 Å². The highest BCUT2D eigenvalue weighted by molar-refractivity contribution is 7.36. The van der Waals surface area contributed by atoms with Gasteiger partial charge in [-0.3, -0.25) is 0 Å². The van der Waals surface area contributed by atoms with Crippen molar-refractivity contribution in [3.8, 4) is 0 Å². The molecular formula is C19H40N2O4P+. The molecule has 0 bridgehead atoms. The van der Waals surface area contributed by atoms with Gasteiger partial charge >= 0.3 is 8.18 Å². The summed E-state index contributed by atoms with van der Waals surface area (Å²) < 4.78 is 20.8. The van der Waals surface area contributed by atoms with Crippen LogP contribution in [0.5, 0.6) is 0 Å². The maximum Gasteiger partial charge on any atom is 0.616 e. The maximum absolute atomic E-state index is 13.0. The lowest BCUT2D eigenvalue weighted by molar-refractivity contribution is -0.270. The van der Waals surface area contributed by atoms with Crippen LogP contribution in [0, 0.1) is 5.41 Å². The Labute approximate surface area is 161 Å². The predicted octanol–water partition coefficient (Wildman–Crippen LogP) is 4.36. The lowest BCUT2D eigenvalue weighted by atomic mass is 9.79. The van der Waals surface area contributed by atoms with Crippen molar-refractivity contribution in [1.29, 1.82) is 0 Å². The van der Waals surface area contributed by atoms with Gasteiger partial charge in [-0.15, -0.1) is 4.52 Å². The molecule has 0 radical (unpaired) electrons. The van der Waals surface area contributed by atoms with Crippen LogP contribution in [0.25, 0.3) is 0 Å². The van der Waals surface area contributed by atoms with Crippen molar-refractivity contribution >= 4 is 8.18 Å². The van der Waals surface area contributed by atoms with Gasteiger partial charge < -0.3 is 9.94 Å². The quantitative estimate of drug-likeness (QED) is 0.558. The van der Waals surface area contributed by atoms with E-state index >= 15 is 0 Å². The summed E-state index contributed by atoms with van der Waals surface area (Å²) in [6.45, 7) is 15.7. The Bertz CT molecular complexity index is 450. The van der Waals surface area contributed by atoms with Gasteiger partial charge in [-0.1, -0.05) is 31.9 Å². The van der Waals surface area contributed by atoms with Gasteiger partial charge in [-0.25, -0.2) is 0 Å². The van der Waals surface area contributed by atoms with Crippen LogP contribution < -0.4 is 0 Å². The van der Waals surface area contributed by atoms with Crippen LogP contribution in [0.1, 0.15) is 74.1 Å². The standard InChI is InChI=1S/C19H40N2O4P/c1-9-10-11-20(26(23)25-15-17(2,3)14-22)16-12-18(4,5)21(24-8)19(6,7)13-16/h16,22H,9-15H2,1-8H3/q+1. The van der Waals surface area contributed by atoms with Crippen LogP contribution in [0.4, 0.5) is 0 Å². The van der Waals surface area contributed by atoms with Gasteiger partial charge in [0.05, 0.1) is 19.8 Å². The summed E-state index contributed by atoms with van der Waals surface area (Å²) in [6.07, 6.45) is 3.76. The summed E-state index contributed by atoms with van der Waals surface area (Å²) in [5, 5.41) is 11.5. The molecule has 1 atom stereocenters. The zero-order valence-electron chi connectivity index (χ0n) is 18.0. The third-order valence-electron chi connectivity index (χ3n) is 5.12. The number of nitrogens with zero attached hydrogens (tertiary/aromatic N) is 2. The Morgan fingerprint density at radius 2 is 1.77 bits per heavy atom. The largest absolute Gasteiger partial charge is 0.616 e. The zero-order chi connectivity index (χ0) is 20.2. The van der Waals surface area contributed by atoms with Gasteiger partial charge in [-0.2, -0.15) is 5.06 Å². The number of rotatable bonds is 10. The molecule has 26 heavy (non-hydrogen) atoms. The van der Waals surface area contributed by atoms with Gasteiger partial charge in [0.15, 0.2) is 0 Å². The summed E-state index contributed by atoms with van der Waals surface area (Å²) in [5.74, 6) is 0. The van der Waals surface area contributed by atoms with Crippen molar-refractivity contribution in [2.45, 2.75) is 91.3 Å². The van der Waals surface area contributed by atoms with Crippen molar-refractivity contribution in [2.24, 2.45) is 5.41 Å². The molecule has 0 spiro atoms. The summed E-state index contributed by atoms with van der Waals surface area (Å²) in [7, 11) is -0.216. The number of unbranched alkanes of at least 4 members (excludes halogenated alkanes) is 1. The number of hydrogen-bond donors (Lipinski definition) is 1. The number of aliphatic hydroxyl groups excluding tert-OH is 1. The van der Waals surface area contributed by atoms with E-state index < -0.39 is 8.18 Å². The molecule has 1 N–H and O–H groups in total. The highest BCUT2D eigenvalue weighted by Gasteiger charge is 2.51. The normalized spacial score (nSPS) is 22.0. The van der Waals surface area contributed by atoms with E-state index in [0.717, 1.165) is 32.2 Å². The number of piperidine rings is 1. The molecule has 0 aromatic carbocycles. The van der Waals surface area contributed by atoms with Crippen molar-refractivity contribution in [1.82, 2.24) is 9.73 Å². The first-order chi connectivity index (χ1) is 11.9. The molecule has 0 aliphatic carbocycles. The van der Waals surface area contributed by atoms with E-state index in [0.29, 0.717) is 0 Å². The Kier molecular flexibility index (Phi) is 8.65. The number of aliphatic hydroxyl groups is 1. The lowest BCUT2D eigenvalue weighted by Crippen LogP contribution is -2.63. The fraction of sp³-hybridized carbons (Fsp3) is 1.00. The third-order valence-corrected chi connectivity index (χ3v) is 6.41. The maximum atomic E-state index is 13.0. The van der Waals surface area contributed by atoms with Crippen molar-refractivity contribution in [3.05, 3.63) is 0 Å². The second-order valence-electron chi connectivity index (χ2n) is 9.51. The first-order valence-electron chi connectivity index (χ1n) is 9.72. The molecule has 0 saturated carbocycles. The Morgan fingerprint density at radius 3 is 2.19 bits per heavy atom. The smallest absolute Gasteiger partial charge is 0.396 e. The highest BCUT2D eigenvalue weighted by Crippen LogP contribution is 2.45. The predicted molar refractivity (Wildman–Crippen MR) is 106 cm³/mol. The average Bonchev–Trinajstić information content (AvgIpc) is 2.51. The molecule has 1 saturated heterocycles. The Balaban J connectivity index is 2.96. The third kappa shape index (κ3) is 6.22. The van der Waals surface area contributed by atoms with E-state index in [9.17, 15) is 9.67 Å². The van der Waals surface area contributed by atoms with Crippen LogP contribution in [0.15, 0.2) is 0 Å². The molecule has 1 fully saturated rings. The lowest BCUT2D eigenvalue weighted by Gasteiger charge is -2.53. The molecule has 1 heterocycles. The van der Waals surface area contributed by atoms with E-state index in [1.54, 1.807) is 7.11 Å². The fourth-order valence-electron chi connectivity index (χ4n) is 3.98. The monoisotopic (exact) mass is 391 g/mol. The van der Waals surface area contributed by atoms with Crippen molar-refractivity contribution in [3.63, 3.8) is 0 Å². The highest BCUT2D eigenvalue weighted by atomic mass is 31.1. The Hall–Kier alpha value is -0.100. The van der Waals surface area contributed by atoms with E-state index in [-0.39, 0.29) is 35.7 Å². The van der Waals surface area contributed by atoms with Gasteiger partial charge in [0.25, 0.3) is 0 Å². The molecule has 1 unspecified atom stereocenters. The van der Waals surface area contributed by atoms with E-state index in [4.69, 9.17) is 9.36 Å². The van der Waals surface area contributed by atoms with Gasteiger partial charge in [0.2, 0.25) is 0 Å². The molecular weight excluding hydrogens is 351 g/mol. The summed E-state index contributed by atoms with van der Waals surface area (Å²) in [6, 6.07) is 0.166. The molecule has 0 amide bonds. The zero-order valence-corrected chi connectivity index (χ0v) is 18.9. The second-order valence-corrected chi connectivity index (χ2v) is 10.8. The molecule has 1 rings (SSSR count). The SMILES string of the molecule is CCCCN(C1CC(C)(C)N(OC)C(C)(C)C1)[P+](=O)OCC(C)(C)CO. The first kappa shape index (κ1) is 23.9. The molecule has 1 aliphatic heterocycles. The molecule has 6 nitrogen and oxygen atoms in total. The number of hydrogen-bond acceptors (Lipinski definition) is 5. The van der Waals surface area contributed by atoms with E-state index in [1.165, 1.54) is 0 Å². The van der Waals surface area contributed by atoms with Crippen LogP contribution >= 0.6 is 8.18 Å². The minimum Gasteiger partial charge on any atom is -0.396 e. The fourth-order valence-corrected chi connectivity index (χ4v) is 5.33. The molecule has 0 aromatic rings. The van der Waals surface area contributed by atoms with E-state index in [2.05, 4.69) is 39.7 Å². The number of hydroxylamine groups is 2.